The Hall–Kier alpha value is -2.51. The summed E-state index contributed by atoms with van der Waals surface area (Å²) in [6.07, 6.45) is 1.45. The summed E-state index contributed by atoms with van der Waals surface area (Å²) < 4.78 is 1.95. The summed E-state index contributed by atoms with van der Waals surface area (Å²) in [7, 11) is 1.92. The molecule has 8 heteroatoms. The Balaban J connectivity index is 1.41. The van der Waals surface area contributed by atoms with Gasteiger partial charge in [0.1, 0.15) is 0 Å². The van der Waals surface area contributed by atoms with Crippen LogP contribution in [0.2, 0.25) is 5.02 Å². The number of thioether (sulfide) groups is 1. The van der Waals surface area contributed by atoms with E-state index >= 15 is 0 Å². The van der Waals surface area contributed by atoms with Crippen molar-refractivity contribution in [1.82, 2.24) is 9.55 Å². The number of rotatable bonds is 5. The number of benzene rings is 2. The van der Waals surface area contributed by atoms with E-state index in [1.54, 1.807) is 4.90 Å². The summed E-state index contributed by atoms with van der Waals surface area (Å²) in [5.74, 6) is 0.235. The molecule has 0 unspecified atom stereocenters. The SMILES string of the molecule is Cn1c(SCC(=O)Nc2cccc(N3CCCC3=O)c2)nc2cc(Cl)ccc21. The molecule has 1 aromatic heterocycles. The number of carbonyl (C=O) groups is 2. The van der Waals surface area contributed by atoms with Crippen molar-refractivity contribution in [2.24, 2.45) is 7.05 Å². The molecule has 6 nitrogen and oxygen atoms in total. The molecule has 4 rings (SSSR count). The Morgan fingerprint density at radius 1 is 1.29 bits per heavy atom. The van der Waals surface area contributed by atoms with Crippen molar-refractivity contribution >= 4 is 57.6 Å². The van der Waals surface area contributed by atoms with Gasteiger partial charge in [-0.05, 0) is 42.8 Å². The van der Waals surface area contributed by atoms with Gasteiger partial charge in [0.2, 0.25) is 11.8 Å². The molecular formula is C20H19ClN4O2S. The topological polar surface area (TPSA) is 67.2 Å². The maximum atomic E-state index is 12.4. The van der Waals surface area contributed by atoms with Crippen LogP contribution >= 0.6 is 23.4 Å². The van der Waals surface area contributed by atoms with Gasteiger partial charge in [-0.15, -0.1) is 0 Å². The van der Waals surface area contributed by atoms with Gasteiger partial charge in [0.05, 0.1) is 16.8 Å². The summed E-state index contributed by atoms with van der Waals surface area (Å²) in [6.45, 7) is 0.725. The van der Waals surface area contributed by atoms with Crippen molar-refractivity contribution in [3.63, 3.8) is 0 Å². The highest BCUT2D eigenvalue weighted by atomic mass is 35.5. The van der Waals surface area contributed by atoms with Gasteiger partial charge in [-0.1, -0.05) is 29.4 Å². The van der Waals surface area contributed by atoms with E-state index in [1.807, 2.05) is 54.1 Å². The maximum Gasteiger partial charge on any atom is 0.234 e. The number of imidazole rings is 1. The van der Waals surface area contributed by atoms with Gasteiger partial charge in [0, 0.05) is 36.4 Å². The fraction of sp³-hybridized carbons (Fsp3) is 0.250. The van der Waals surface area contributed by atoms with Crippen LogP contribution in [0.4, 0.5) is 11.4 Å². The van der Waals surface area contributed by atoms with Crippen molar-refractivity contribution in [3.05, 3.63) is 47.5 Å². The smallest absolute Gasteiger partial charge is 0.234 e. The van der Waals surface area contributed by atoms with E-state index in [-0.39, 0.29) is 17.6 Å². The first-order valence-corrected chi connectivity index (χ1v) is 10.3. The molecule has 2 amide bonds. The van der Waals surface area contributed by atoms with Crippen LogP contribution in [0.5, 0.6) is 0 Å². The second kappa shape index (κ2) is 7.85. The third kappa shape index (κ3) is 3.86. The zero-order valence-electron chi connectivity index (χ0n) is 15.3. The fourth-order valence-electron chi connectivity index (χ4n) is 3.28. The fourth-order valence-corrected chi connectivity index (χ4v) is 4.23. The number of anilines is 2. The summed E-state index contributed by atoms with van der Waals surface area (Å²) in [6, 6.07) is 12.9. The highest BCUT2D eigenvalue weighted by Crippen LogP contribution is 2.26. The molecule has 1 fully saturated rings. The zero-order chi connectivity index (χ0) is 19.7. The number of aromatic nitrogens is 2. The third-order valence-electron chi connectivity index (χ3n) is 4.65. The number of carbonyl (C=O) groups excluding carboxylic acids is 2. The Bertz CT molecular complexity index is 1070. The highest BCUT2D eigenvalue weighted by molar-refractivity contribution is 7.99. The predicted molar refractivity (Wildman–Crippen MR) is 113 cm³/mol. The van der Waals surface area contributed by atoms with Crippen LogP contribution in [0, 0.1) is 0 Å². The van der Waals surface area contributed by atoms with Crippen LogP contribution in [-0.2, 0) is 16.6 Å². The predicted octanol–water partition coefficient (Wildman–Crippen LogP) is 4.08. The normalized spacial score (nSPS) is 14.1. The third-order valence-corrected chi connectivity index (χ3v) is 5.91. The molecule has 3 aromatic rings. The minimum Gasteiger partial charge on any atom is -0.325 e. The van der Waals surface area contributed by atoms with Crippen molar-refractivity contribution in [2.45, 2.75) is 18.0 Å². The molecule has 1 N–H and O–H groups in total. The molecule has 1 aliphatic rings. The first kappa shape index (κ1) is 18.8. The number of fused-ring (bicyclic) bond motifs is 1. The van der Waals surface area contributed by atoms with Gasteiger partial charge in [-0.25, -0.2) is 4.98 Å². The summed E-state index contributed by atoms with van der Waals surface area (Å²) in [4.78, 5) is 30.6. The second-order valence-electron chi connectivity index (χ2n) is 6.62. The summed E-state index contributed by atoms with van der Waals surface area (Å²) in [5, 5.41) is 4.29. The van der Waals surface area contributed by atoms with Gasteiger partial charge in [-0.2, -0.15) is 0 Å². The standard InChI is InChI=1S/C20H19ClN4O2S/c1-24-17-8-7-13(21)10-16(17)23-20(24)28-12-18(26)22-14-4-2-5-15(11-14)25-9-3-6-19(25)27/h2,4-5,7-8,10-11H,3,6,9,12H2,1H3,(H,22,26). The molecule has 0 radical (unpaired) electrons. The number of hydrogen-bond donors (Lipinski definition) is 1. The lowest BCUT2D eigenvalue weighted by atomic mass is 10.2. The number of amides is 2. The minimum atomic E-state index is -0.125. The van der Waals surface area contributed by atoms with Crippen LogP contribution in [0.15, 0.2) is 47.6 Å². The number of hydrogen-bond acceptors (Lipinski definition) is 4. The van der Waals surface area contributed by atoms with Crippen molar-refractivity contribution < 1.29 is 9.59 Å². The maximum absolute atomic E-state index is 12.4. The molecule has 0 atom stereocenters. The van der Waals surface area contributed by atoms with E-state index < -0.39 is 0 Å². The molecular weight excluding hydrogens is 396 g/mol. The van der Waals surface area contributed by atoms with E-state index in [1.165, 1.54) is 11.8 Å². The van der Waals surface area contributed by atoms with Crippen molar-refractivity contribution in [3.8, 4) is 0 Å². The van der Waals surface area contributed by atoms with Gasteiger partial charge >= 0.3 is 0 Å². The molecule has 28 heavy (non-hydrogen) atoms. The van der Waals surface area contributed by atoms with Crippen LogP contribution in [-0.4, -0.2) is 33.7 Å². The Morgan fingerprint density at radius 3 is 2.93 bits per heavy atom. The molecule has 1 saturated heterocycles. The minimum absolute atomic E-state index is 0.125. The lowest BCUT2D eigenvalue weighted by Crippen LogP contribution is -2.23. The average Bonchev–Trinajstić information content (AvgIpc) is 3.23. The monoisotopic (exact) mass is 414 g/mol. The van der Waals surface area contributed by atoms with E-state index in [2.05, 4.69) is 10.3 Å². The second-order valence-corrected chi connectivity index (χ2v) is 8.00. The quantitative estimate of drug-likeness (QED) is 0.638. The zero-order valence-corrected chi connectivity index (χ0v) is 16.9. The first-order valence-electron chi connectivity index (χ1n) is 8.96. The molecule has 0 saturated carbocycles. The van der Waals surface area contributed by atoms with E-state index in [9.17, 15) is 9.59 Å². The molecule has 0 bridgehead atoms. The van der Waals surface area contributed by atoms with E-state index in [4.69, 9.17) is 11.6 Å². The molecule has 0 spiro atoms. The van der Waals surface area contributed by atoms with Gasteiger partial charge < -0.3 is 14.8 Å². The Morgan fingerprint density at radius 2 is 2.14 bits per heavy atom. The highest BCUT2D eigenvalue weighted by Gasteiger charge is 2.21. The molecule has 0 aliphatic carbocycles. The summed E-state index contributed by atoms with van der Waals surface area (Å²) in [5.41, 5.74) is 3.27. The average molecular weight is 415 g/mol. The summed E-state index contributed by atoms with van der Waals surface area (Å²) >= 11 is 7.39. The Labute approximate surface area is 171 Å². The van der Waals surface area contributed by atoms with Crippen molar-refractivity contribution in [2.75, 3.05) is 22.5 Å². The molecule has 2 heterocycles. The van der Waals surface area contributed by atoms with E-state index in [0.29, 0.717) is 17.1 Å². The lowest BCUT2D eigenvalue weighted by molar-refractivity contribution is -0.117. The lowest BCUT2D eigenvalue weighted by Gasteiger charge is -2.16. The number of nitrogens with zero attached hydrogens (tertiary/aromatic N) is 3. The number of aryl methyl sites for hydroxylation is 1. The van der Waals surface area contributed by atoms with Crippen molar-refractivity contribution in [1.29, 1.82) is 0 Å². The Kier molecular flexibility index (Phi) is 5.28. The molecule has 144 valence electrons. The number of halogens is 1. The molecule has 1 aliphatic heterocycles. The largest absolute Gasteiger partial charge is 0.325 e. The molecule has 2 aromatic carbocycles. The van der Waals surface area contributed by atoms with Gasteiger partial charge in [0.15, 0.2) is 5.16 Å². The van der Waals surface area contributed by atoms with Gasteiger partial charge in [0.25, 0.3) is 0 Å². The van der Waals surface area contributed by atoms with Crippen LogP contribution < -0.4 is 10.2 Å². The van der Waals surface area contributed by atoms with Gasteiger partial charge in [-0.3, -0.25) is 9.59 Å². The van der Waals surface area contributed by atoms with Crippen LogP contribution in [0.3, 0.4) is 0 Å². The number of nitrogens with one attached hydrogen (secondary N) is 1. The van der Waals surface area contributed by atoms with E-state index in [0.717, 1.165) is 34.8 Å². The van der Waals surface area contributed by atoms with Crippen LogP contribution in [0.25, 0.3) is 11.0 Å². The van der Waals surface area contributed by atoms with Crippen LogP contribution in [0.1, 0.15) is 12.8 Å². The first-order chi connectivity index (χ1) is 13.5.